The number of fused-ring (bicyclic) bond motifs is 1. The van der Waals surface area contributed by atoms with E-state index < -0.39 is 23.4 Å². The Hall–Kier alpha value is -2.82. The van der Waals surface area contributed by atoms with Gasteiger partial charge in [0.1, 0.15) is 28.9 Å². The third kappa shape index (κ3) is 6.24. The van der Waals surface area contributed by atoms with Gasteiger partial charge >= 0.3 is 12.1 Å². The Morgan fingerprint density at radius 1 is 1.15 bits per heavy atom. The molecular weight excluding hydrogens is 523 g/mol. The number of nitrogens with zero attached hydrogens (tertiary/aromatic N) is 5. The largest absolute Gasteiger partial charge is 0.463 e. The molecule has 11 heteroatoms. The Morgan fingerprint density at radius 2 is 1.90 bits per heavy atom. The first-order valence-electron chi connectivity index (χ1n) is 14.3. The molecule has 220 valence electrons. The maximum Gasteiger partial charge on any atom is 0.410 e. The molecule has 0 spiro atoms. The van der Waals surface area contributed by atoms with Crippen molar-refractivity contribution in [2.45, 2.75) is 84.2 Å². The summed E-state index contributed by atoms with van der Waals surface area (Å²) in [7, 11) is 0. The van der Waals surface area contributed by atoms with Gasteiger partial charge in [0.15, 0.2) is 5.82 Å². The summed E-state index contributed by atoms with van der Waals surface area (Å²) < 4.78 is 54.8. The molecule has 1 aromatic heterocycles. The summed E-state index contributed by atoms with van der Waals surface area (Å²) >= 11 is 0. The number of alkyl halides is 1. The van der Waals surface area contributed by atoms with Crippen LogP contribution in [-0.2, 0) is 4.74 Å². The predicted molar refractivity (Wildman–Crippen MR) is 146 cm³/mol. The second-order valence-corrected chi connectivity index (χ2v) is 12.7. The number of amides is 1. The van der Waals surface area contributed by atoms with Gasteiger partial charge in [-0.3, -0.25) is 9.80 Å². The number of rotatable bonds is 7. The fourth-order valence-electron chi connectivity index (χ4n) is 5.90. The molecule has 0 unspecified atom stereocenters. The summed E-state index contributed by atoms with van der Waals surface area (Å²) in [6, 6.07) is 1.65. The number of aromatic nitrogens is 2. The van der Waals surface area contributed by atoms with E-state index in [1.54, 1.807) is 4.90 Å². The van der Waals surface area contributed by atoms with Crippen LogP contribution in [0.3, 0.4) is 0 Å². The molecule has 3 atom stereocenters. The van der Waals surface area contributed by atoms with Gasteiger partial charge in [0.2, 0.25) is 0 Å². The van der Waals surface area contributed by atoms with Gasteiger partial charge in [0.25, 0.3) is 0 Å². The first-order valence-corrected chi connectivity index (χ1v) is 14.3. The van der Waals surface area contributed by atoms with Gasteiger partial charge in [-0.05, 0) is 59.4 Å². The SMILES string of the molecule is CC[C@@H]1CN(c2nc(OCC3(CN4CC[C@@H](F)C4)CC3)nc3c(F)cc(F)cc23)C[C@@H](C)N1C(=O)OC(C)(C)C. The van der Waals surface area contributed by atoms with Crippen LogP contribution >= 0.6 is 0 Å². The van der Waals surface area contributed by atoms with Crippen molar-refractivity contribution in [1.29, 1.82) is 0 Å². The fourth-order valence-corrected chi connectivity index (χ4v) is 5.90. The van der Waals surface area contributed by atoms with Gasteiger partial charge in [0.05, 0.1) is 18.7 Å². The van der Waals surface area contributed by atoms with Crippen LogP contribution in [0.4, 0.5) is 23.8 Å². The van der Waals surface area contributed by atoms with E-state index in [1.165, 1.54) is 6.07 Å². The van der Waals surface area contributed by atoms with Gasteiger partial charge in [-0.1, -0.05) is 6.92 Å². The number of ether oxygens (including phenoxy) is 2. The van der Waals surface area contributed by atoms with Gasteiger partial charge in [-0.15, -0.1) is 0 Å². The van der Waals surface area contributed by atoms with Crippen LogP contribution in [0.5, 0.6) is 6.01 Å². The van der Waals surface area contributed by atoms with E-state index in [-0.39, 0.29) is 40.5 Å². The Kier molecular flexibility index (Phi) is 7.80. The van der Waals surface area contributed by atoms with Crippen molar-refractivity contribution in [3.63, 3.8) is 0 Å². The summed E-state index contributed by atoms with van der Waals surface area (Å²) in [5.74, 6) is -1.13. The lowest BCUT2D eigenvalue weighted by molar-refractivity contribution is 0.00287. The molecule has 0 N–H and O–H groups in total. The standard InChI is InChI=1S/C29H40F3N5O3/c1-6-21-15-36(13-18(2)37(21)27(38)40-28(3,4)5)25-22-11-20(31)12-23(32)24(22)33-26(34-25)39-17-29(8-9-29)16-35-10-7-19(30)14-35/h11-12,18-19,21H,6-10,13-17H2,1-5H3/t18-,19-,21-/m1/s1. The van der Waals surface area contributed by atoms with E-state index >= 15 is 0 Å². The van der Waals surface area contributed by atoms with Crippen molar-refractivity contribution in [3.8, 4) is 6.01 Å². The average molecular weight is 564 g/mol. The molecule has 2 aromatic rings. The molecule has 3 aliphatic rings. The van der Waals surface area contributed by atoms with E-state index in [4.69, 9.17) is 9.47 Å². The summed E-state index contributed by atoms with van der Waals surface area (Å²) in [6.07, 6.45) is 1.98. The number of likely N-dealkylation sites (tertiary alicyclic amines) is 1. The maximum atomic E-state index is 15.0. The molecule has 0 bridgehead atoms. The van der Waals surface area contributed by atoms with Crippen LogP contribution in [-0.4, -0.2) is 89.0 Å². The second kappa shape index (κ2) is 10.9. The Bertz CT molecular complexity index is 1250. The lowest BCUT2D eigenvalue weighted by Gasteiger charge is -2.46. The van der Waals surface area contributed by atoms with Crippen molar-refractivity contribution in [2.75, 3.05) is 44.2 Å². The number of halogens is 3. The van der Waals surface area contributed by atoms with Crippen molar-refractivity contribution in [2.24, 2.45) is 5.41 Å². The fraction of sp³-hybridized carbons (Fsp3) is 0.690. The number of hydrogen-bond acceptors (Lipinski definition) is 7. The van der Waals surface area contributed by atoms with E-state index in [2.05, 4.69) is 14.9 Å². The molecule has 5 rings (SSSR count). The van der Waals surface area contributed by atoms with Crippen LogP contribution in [0.2, 0.25) is 0 Å². The third-order valence-electron chi connectivity index (χ3n) is 8.08. The lowest BCUT2D eigenvalue weighted by atomic mass is 10.0. The monoisotopic (exact) mass is 563 g/mol. The Labute approximate surface area is 233 Å². The lowest BCUT2D eigenvalue weighted by Crippen LogP contribution is -2.60. The van der Waals surface area contributed by atoms with Gasteiger partial charge in [-0.25, -0.2) is 18.0 Å². The average Bonchev–Trinajstić information content (AvgIpc) is 3.51. The predicted octanol–water partition coefficient (Wildman–Crippen LogP) is 5.34. The summed E-state index contributed by atoms with van der Waals surface area (Å²) in [5.41, 5.74) is -0.732. The molecule has 2 saturated heterocycles. The highest BCUT2D eigenvalue weighted by molar-refractivity contribution is 5.90. The number of carbonyl (C=O) groups excluding carboxylic acids is 1. The summed E-state index contributed by atoms with van der Waals surface area (Å²) in [5, 5.41) is 0.254. The molecule has 2 aliphatic heterocycles. The molecule has 1 saturated carbocycles. The van der Waals surface area contributed by atoms with E-state index in [9.17, 15) is 18.0 Å². The Morgan fingerprint density at radius 3 is 2.52 bits per heavy atom. The number of piperazine rings is 1. The van der Waals surface area contributed by atoms with E-state index in [1.807, 2.05) is 39.5 Å². The minimum Gasteiger partial charge on any atom is -0.463 e. The molecule has 0 radical (unpaired) electrons. The zero-order valence-electron chi connectivity index (χ0n) is 24.1. The highest BCUT2D eigenvalue weighted by atomic mass is 19.1. The first-order chi connectivity index (χ1) is 18.9. The molecule has 40 heavy (non-hydrogen) atoms. The molecule has 1 aromatic carbocycles. The summed E-state index contributed by atoms with van der Waals surface area (Å²) in [6.45, 7) is 12.5. The van der Waals surface area contributed by atoms with Crippen molar-refractivity contribution >= 4 is 22.8 Å². The van der Waals surface area contributed by atoms with Crippen molar-refractivity contribution < 1.29 is 27.4 Å². The van der Waals surface area contributed by atoms with Crippen LogP contribution in [0.1, 0.15) is 60.3 Å². The number of hydrogen-bond donors (Lipinski definition) is 0. The topological polar surface area (TPSA) is 71.0 Å². The highest BCUT2D eigenvalue weighted by Gasteiger charge is 2.46. The highest BCUT2D eigenvalue weighted by Crippen LogP contribution is 2.47. The van der Waals surface area contributed by atoms with Crippen LogP contribution in [0, 0.1) is 17.0 Å². The number of carbonyl (C=O) groups is 1. The van der Waals surface area contributed by atoms with Crippen molar-refractivity contribution in [3.05, 3.63) is 23.8 Å². The first kappa shape index (κ1) is 28.7. The Balaban J connectivity index is 1.40. The minimum atomic E-state index is -0.789. The summed E-state index contributed by atoms with van der Waals surface area (Å²) in [4.78, 5) is 27.9. The zero-order chi connectivity index (χ0) is 28.8. The van der Waals surface area contributed by atoms with Crippen LogP contribution in [0.15, 0.2) is 12.1 Å². The van der Waals surface area contributed by atoms with Gasteiger partial charge < -0.3 is 14.4 Å². The van der Waals surface area contributed by atoms with E-state index in [0.717, 1.165) is 32.0 Å². The third-order valence-corrected chi connectivity index (χ3v) is 8.08. The number of anilines is 1. The van der Waals surface area contributed by atoms with Gasteiger partial charge in [-0.2, -0.15) is 9.97 Å². The number of benzene rings is 1. The van der Waals surface area contributed by atoms with Crippen LogP contribution < -0.4 is 9.64 Å². The molecule has 3 fully saturated rings. The molecule has 1 amide bonds. The minimum absolute atomic E-state index is 0.0127. The molecule has 8 nitrogen and oxygen atoms in total. The molecular formula is C29H40F3N5O3. The molecule has 3 heterocycles. The normalized spacial score (nSPS) is 24.9. The quantitative estimate of drug-likeness (QED) is 0.451. The van der Waals surface area contributed by atoms with Crippen LogP contribution in [0.25, 0.3) is 10.9 Å². The molecule has 1 aliphatic carbocycles. The van der Waals surface area contributed by atoms with E-state index in [0.29, 0.717) is 44.9 Å². The van der Waals surface area contributed by atoms with Crippen molar-refractivity contribution in [1.82, 2.24) is 19.8 Å². The second-order valence-electron chi connectivity index (χ2n) is 12.7. The van der Waals surface area contributed by atoms with Gasteiger partial charge in [0, 0.05) is 49.6 Å². The maximum absolute atomic E-state index is 15.0. The smallest absolute Gasteiger partial charge is 0.410 e. The zero-order valence-corrected chi connectivity index (χ0v) is 24.1.